The minimum absolute atomic E-state index is 0.0204. The standard InChI is InChI=1S/C14H20N2O2/c1-5-14(3,4)16-13(18)15-12-8-6-7-11(9-12)10(2)17/h6-9H,5H2,1-4H3,(H2,15,16,18). The van der Waals surface area contributed by atoms with Gasteiger partial charge in [-0.2, -0.15) is 0 Å². The van der Waals surface area contributed by atoms with Crippen molar-refractivity contribution in [1.29, 1.82) is 0 Å². The van der Waals surface area contributed by atoms with Crippen molar-refractivity contribution in [1.82, 2.24) is 5.32 Å². The number of amides is 2. The SMILES string of the molecule is CCC(C)(C)NC(=O)Nc1cccc(C(C)=O)c1. The number of nitrogens with one attached hydrogen (secondary N) is 2. The average molecular weight is 248 g/mol. The van der Waals surface area contributed by atoms with E-state index >= 15 is 0 Å². The lowest BCUT2D eigenvalue weighted by atomic mass is 10.0. The van der Waals surface area contributed by atoms with Gasteiger partial charge in [-0.05, 0) is 39.3 Å². The van der Waals surface area contributed by atoms with Gasteiger partial charge in [0.15, 0.2) is 5.78 Å². The van der Waals surface area contributed by atoms with Gasteiger partial charge in [0, 0.05) is 16.8 Å². The zero-order valence-electron chi connectivity index (χ0n) is 11.3. The highest BCUT2D eigenvalue weighted by Crippen LogP contribution is 2.12. The van der Waals surface area contributed by atoms with Gasteiger partial charge in [0.1, 0.15) is 0 Å². The van der Waals surface area contributed by atoms with E-state index in [0.717, 1.165) is 6.42 Å². The number of carbonyl (C=O) groups is 2. The number of Topliss-reactive ketones (excluding diaryl/α,β-unsaturated/α-hetero) is 1. The molecule has 0 fully saturated rings. The van der Waals surface area contributed by atoms with E-state index in [1.54, 1.807) is 24.3 Å². The summed E-state index contributed by atoms with van der Waals surface area (Å²) in [4.78, 5) is 23.0. The van der Waals surface area contributed by atoms with E-state index in [1.165, 1.54) is 6.92 Å². The van der Waals surface area contributed by atoms with Crippen molar-refractivity contribution in [2.45, 2.75) is 39.7 Å². The van der Waals surface area contributed by atoms with Gasteiger partial charge in [0.2, 0.25) is 0 Å². The molecule has 0 aliphatic heterocycles. The minimum atomic E-state index is -0.262. The predicted molar refractivity (Wildman–Crippen MR) is 73.0 cm³/mol. The van der Waals surface area contributed by atoms with Crippen molar-refractivity contribution >= 4 is 17.5 Å². The monoisotopic (exact) mass is 248 g/mol. The molecule has 0 saturated carbocycles. The van der Waals surface area contributed by atoms with Crippen molar-refractivity contribution in [3.63, 3.8) is 0 Å². The molecule has 1 aromatic carbocycles. The second-order valence-corrected chi connectivity index (χ2v) is 4.95. The topological polar surface area (TPSA) is 58.2 Å². The molecule has 0 spiro atoms. The summed E-state index contributed by atoms with van der Waals surface area (Å²) >= 11 is 0. The van der Waals surface area contributed by atoms with Crippen LogP contribution in [0.5, 0.6) is 0 Å². The molecular weight excluding hydrogens is 228 g/mol. The van der Waals surface area contributed by atoms with Gasteiger partial charge in [-0.25, -0.2) is 4.79 Å². The molecule has 0 radical (unpaired) electrons. The van der Waals surface area contributed by atoms with Gasteiger partial charge >= 0.3 is 6.03 Å². The van der Waals surface area contributed by atoms with E-state index in [2.05, 4.69) is 10.6 Å². The lowest BCUT2D eigenvalue weighted by Crippen LogP contribution is -2.45. The van der Waals surface area contributed by atoms with Gasteiger partial charge in [-0.3, -0.25) is 4.79 Å². The zero-order chi connectivity index (χ0) is 13.8. The number of ketones is 1. The van der Waals surface area contributed by atoms with Crippen LogP contribution in [-0.2, 0) is 0 Å². The van der Waals surface area contributed by atoms with Crippen molar-refractivity contribution in [2.75, 3.05) is 5.32 Å². The van der Waals surface area contributed by atoms with E-state index in [9.17, 15) is 9.59 Å². The van der Waals surface area contributed by atoms with Gasteiger partial charge in [-0.15, -0.1) is 0 Å². The molecule has 0 bridgehead atoms. The highest BCUT2D eigenvalue weighted by Gasteiger charge is 2.17. The minimum Gasteiger partial charge on any atom is -0.333 e. The molecule has 2 N–H and O–H groups in total. The van der Waals surface area contributed by atoms with Crippen LogP contribution >= 0.6 is 0 Å². The molecule has 0 unspecified atom stereocenters. The fourth-order valence-electron chi connectivity index (χ4n) is 1.37. The van der Waals surface area contributed by atoms with Crippen molar-refractivity contribution < 1.29 is 9.59 Å². The third-order valence-electron chi connectivity index (χ3n) is 2.86. The molecule has 0 saturated heterocycles. The summed E-state index contributed by atoms with van der Waals surface area (Å²) in [6.07, 6.45) is 0.841. The van der Waals surface area contributed by atoms with E-state index in [4.69, 9.17) is 0 Å². The number of anilines is 1. The molecule has 18 heavy (non-hydrogen) atoms. The van der Waals surface area contributed by atoms with Crippen molar-refractivity contribution in [3.05, 3.63) is 29.8 Å². The summed E-state index contributed by atoms with van der Waals surface area (Å²) in [5.41, 5.74) is 0.956. The molecule has 98 valence electrons. The lowest BCUT2D eigenvalue weighted by Gasteiger charge is -2.24. The van der Waals surface area contributed by atoms with Crippen LogP contribution in [0.4, 0.5) is 10.5 Å². The Kier molecular flexibility index (Phi) is 4.48. The third kappa shape index (κ3) is 4.20. The summed E-state index contributed by atoms with van der Waals surface area (Å²) in [5.74, 6) is -0.0204. The first-order valence-electron chi connectivity index (χ1n) is 6.04. The summed E-state index contributed by atoms with van der Waals surface area (Å²) in [7, 11) is 0. The van der Waals surface area contributed by atoms with Gasteiger partial charge in [0.25, 0.3) is 0 Å². The van der Waals surface area contributed by atoms with Gasteiger partial charge in [-0.1, -0.05) is 19.1 Å². The molecular formula is C14H20N2O2. The van der Waals surface area contributed by atoms with Crippen molar-refractivity contribution in [2.24, 2.45) is 0 Å². The molecule has 0 atom stereocenters. The molecule has 0 heterocycles. The Hall–Kier alpha value is -1.84. The molecule has 0 aliphatic carbocycles. The Labute approximate surface area is 108 Å². The van der Waals surface area contributed by atoms with Crippen LogP contribution in [-0.4, -0.2) is 17.4 Å². The number of benzene rings is 1. The van der Waals surface area contributed by atoms with Crippen LogP contribution in [0.25, 0.3) is 0 Å². The second kappa shape index (κ2) is 5.67. The van der Waals surface area contributed by atoms with Crippen LogP contribution in [0.2, 0.25) is 0 Å². The second-order valence-electron chi connectivity index (χ2n) is 4.95. The van der Waals surface area contributed by atoms with Crippen LogP contribution in [0.1, 0.15) is 44.5 Å². The maximum absolute atomic E-state index is 11.8. The average Bonchev–Trinajstić information content (AvgIpc) is 2.28. The van der Waals surface area contributed by atoms with Crippen LogP contribution in [0.3, 0.4) is 0 Å². The number of hydrogen-bond donors (Lipinski definition) is 2. The predicted octanol–water partition coefficient (Wildman–Crippen LogP) is 3.20. The fraction of sp³-hybridized carbons (Fsp3) is 0.429. The van der Waals surface area contributed by atoms with Crippen LogP contribution in [0.15, 0.2) is 24.3 Å². The summed E-state index contributed by atoms with van der Waals surface area (Å²) in [6, 6.07) is 6.63. The highest BCUT2D eigenvalue weighted by molar-refractivity contribution is 5.96. The lowest BCUT2D eigenvalue weighted by molar-refractivity contribution is 0.101. The quantitative estimate of drug-likeness (QED) is 0.804. The number of hydrogen-bond acceptors (Lipinski definition) is 2. The van der Waals surface area contributed by atoms with E-state index in [0.29, 0.717) is 11.3 Å². The largest absolute Gasteiger partial charge is 0.333 e. The molecule has 1 rings (SSSR count). The molecule has 2 amide bonds. The smallest absolute Gasteiger partial charge is 0.319 e. The summed E-state index contributed by atoms with van der Waals surface area (Å²) in [5, 5.41) is 5.59. The number of urea groups is 1. The first-order valence-corrected chi connectivity index (χ1v) is 6.04. The Bertz CT molecular complexity index is 453. The first kappa shape index (κ1) is 14.2. The highest BCUT2D eigenvalue weighted by atomic mass is 16.2. The van der Waals surface area contributed by atoms with Crippen LogP contribution < -0.4 is 10.6 Å². The Morgan fingerprint density at radius 3 is 2.50 bits per heavy atom. The Balaban J connectivity index is 2.70. The zero-order valence-corrected chi connectivity index (χ0v) is 11.3. The normalized spacial score (nSPS) is 10.9. The molecule has 0 aromatic heterocycles. The summed E-state index contributed by atoms with van der Waals surface area (Å²) < 4.78 is 0. The Morgan fingerprint density at radius 1 is 1.28 bits per heavy atom. The van der Waals surface area contributed by atoms with Gasteiger partial charge < -0.3 is 10.6 Å². The molecule has 0 aliphatic rings. The van der Waals surface area contributed by atoms with Crippen molar-refractivity contribution in [3.8, 4) is 0 Å². The van der Waals surface area contributed by atoms with Gasteiger partial charge in [0.05, 0.1) is 0 Å². The molecule has 1 aromatic rings. The van der Waals surface area contributed by atoms with E-state index in [1.807, 2.05) is 20.8 Å². The first-order chi connectivity index (χ1) is 8.34. The maximum atomic E-state index is 11.8. The number of carbonyl (C=O) groups excluding carboxylic acids is 2. The van der Waals surface area contributed by atoms with E-state index in [-0.39, 0.29) is 17.4 Å². The Morgan fingerprint density at radius 2 is 1.94 bits per heavy atom. The van der Waals surface area contributed by atoms with Crippen LogP contribution in [0, 0.1) is 0 Å². The fourth-order valence-corrected chi connectivity index (χ4v) is 1.37. The maximum Gasteiger partial charge on any atom is 0.319 e. The van der Waals surface area contributed by atoms with E-state index < -0.39 is 0 Å². The molecule has 4 nitrogen and oxygen atoms in total. The third-order valence-corrected chi connectivity index (χ3v) is 2.86. The molecule has 4 heteroatoms. The number of rotatable bonds is 4. The summed E-state index contributed by atoms with van der Waals surface area (Å²) in [6.45, 7) is 7.42.